The normalized spacial score (nSPS) is 14.4. The second-order valence-electron chi connectivity index (χ2n) is 6.90. The zero-order chi connectivity index (χ0) is 24.1. The van der Waals surface area contributed by atoms with E-state index in [1.165, 1.54) is 6.07 Å². The lowest BCUT2D eigenvalue weighted by atomic mass is 9.92. The fourth-order valence-electron chi connectivity index (χ4n) is 3.13. The lowest BCUT2D eigenvalue weighted by molar-refractivity contribution is 0.0972. The standard InChI is InChI=1S/C15H10Cl3NO.C7H7Cl2N3O/c16-8-2-4-13-11(5-8)15(20)7-14(19-13)10-3-1-9(17)6-12(10)18;8-4-1-2-6(5(9)3-4)11-7(13)12-10/h1-6,14,19H,7H2;1-3H,10H2,(H2,11,12,13). The van der Waals surface area contributed by atoms with Crippen LogP contribution in [0.1, 0.15) is 28.4 Å². The molecular weight excluding hydrogens is 530 g/mol. The predicted octanol–water partition coefficient (Wildman–Crippen LogP) is 7.38. The van der Waals surface area contributed by atoms with Gasteiger partial charge in [0, 0.05) is 37.8 Å². The molecule has 1 aliphatic heterocycles. The van der Waals surface area contributed by atoms with E-state index in [2.05, 4.69) is 10.6 Å². The number of urea groups is 1. The van der Waals surface area contributed by atoms with Crippen LogP contribution < -0.4 is 21.9 Å². The lowest BCUT2D eigenvalue weighted by Crippen LogP contribution is -2.34. The van der Waals surface area contributed by atoms with Gasteiger partial charge < -0.3 is 10.6 Å². The zero-order valence-corrected chi connectivity index (χ0v) is 20.5. The van der Waals surface area contributed by atoms with Crippen molar-refractivity contribution in [3.05, 3.63) is 90.8 Å². The Bertz CT molecular complexity index is 1210. The molecule has 172 valence electrons. The minimum Gasteiger partial charge on any atom is -0.377 e. The van der Waals surface area contributed by atoms with Crippen LogP contribution in [0.5, 0.6) is 0 Å². The quantitative estimate of drug-likeness (QED) is 0.153. The van der Waals surface area contributed by atoms with Crippen molar-refractivity contribution in [1.82, 2.24) is 5.43 Å². The van der Waals surface area contributed by atoms with E-state index in [4.69, 9.17) is 63.8 Å². The van der Waals surface area contributed by atoms with E-state index in [9.17, 15) is 9.59 Å². The Morgan fingerprint density at radius 3 is 2.12 bits per heavy atom. The first-order valence-electron chi connectivity index (χ1n) is 9.45. The number of anilines is 2. The first kappa shape index (κ1) is 25.4. The minimum absolute atomic E-state index is 0.0530. The maximum absolute atomic E-state index is 12.2. The second kappa shape index (κ2) is 11.3. The number of hydrazine groups is 1. The maximum atomic E-state index is 12.2. The summed E-state index contributed by atoms with van der Waals surface area (Å²) in [6, 6.07) is 14.6. The Kier molecular flexibility index (Phi) is 8.70. The van der Waals surface area contributed by atoms with Crippen LogP contribution in [0.25, 0.3) is 0 Å². The number of fused-ring (bicyclic) bond motifs is 1. The van der Waals surface area contributed by atoms with Crippen molar-refractivity contribution < 1.29 is 9.59 Å². The van der Waals surface area contributed by atoms with Gasteiger partial charge in [-0.05, 0) is 54.1 Å². The molecule has 3 aromatic rings. The van der Waals surface area contributed by atoms with E-state index in [1.807, 2.05) is 17.6 Å². The number of rotatable bonds is 2. The van der Waals surface area contributed by atoms with Gasteiger partial charge in [0.2, 0.25) is 0 Å². The van der Waals surface area contributed by atoms with Crippen LogP contribution in [0.4, 0.5) is 16.2 Å². The number of ketones is 1. The van der Waals surface area contributed by atoms with Gasteiger partial charge >= 0.3 is 6.03 Å². The Labute approximate surface area is 215 Å². The number of benzene rings is 3. The van der Waals surface area contributed by atoms with Gasteiger partial charge in [-0.1, -0.05) is 64.1 Å². The van der Waals surface area contributed by atoms with Crippen LogP contribution in [-0.4, -0.2) is 11.8 Å². The van der Waals surface area contributed by atoms with E-state index in [1.54, 1.807) is 36.4 Å². The average Bonchev–Trinajstić information content (AvgIpc) is 2.76. The molecule has 11 heteroatoms. The van der Waals surface area contributed by atoms with Gasteiger partial charge in [0.15, 0.2) is 5.78 Å². The summed E-state index contributed by atoms with van der Waals surface area (Å²) < 4.78 is 0. The number of amides is 2. The fourth-order valence-corrected chi connectivity index (χ4v) is 4.30. The summed E-state index contributed by atoms with van der Waals surface area (Å²) in [7, 11) is 0. The molecule has 4 rings (SSSR count). The molecule has 5 N–H and O–H groups in total. The average molecular weight is 547 g/mol. The molecule has 1 unspecified atom stereocenters. The molecule has 1 aliphatic rings. The molecule has 0 saturated heterocycles. The Morgan fingerprint density at radius 2 is 1.48 bits per heavy atom. The second-order valence-corrected chi connectivity index (χ2v) is 9.03. The van der Waals surface area contributed by atoms with E-state index in [-0.39, 0.29) is 11.8 Å². The number of carbonyl (C=O) groups is 2. The molecule has 0 fully saturated rings. The summed E-state index contributed by atoms with van der Waals surface area (Å²) in [6.07, 6.45) is 0.342. The molecule has 6 nitrogen and oxygen atoms in total. The topological polar surface area (TPSA) is 96.2 Å². The van der Waals surface area contributed by atoms with Gasteiger partial charge in [0.25, 0.3) is 0 Å². The molecule has 3 aromatic carbocycles. The summed E-state index contributed by atoms with van der Waals surface area (Å²) >= 11 is 29.4. The maximum Gasteiger partial charge on any atom is 0.333 e. The summed E-state index contributed by atoms with van der Waals surface area (Å²) in [5, 5.41) is 8.30. The molecule has 0 spiro atoms. The largest absolute Gasteiger partial charge is 0.377 e. The van der Waals surface area contributed by atoms with Crippen LogP contribution in [-0.2, 0) is 0 Å². The van der Waals surface area contributed by atoms with Crippen LogP contribution in [0.2, 0.25) is 25.1 Å². The van der Waals surface area contributed by atoms with E-state index >= 15 is 0 Å². The molecular formula is C22H17Cl5N4O2. The van der Waals surface area contributed by atoms with Crippen molar-refractivity contribution in [2.45, 2.75) is 12.5 Å². The third-order valence-corrected chi connectivity index (χ3v) is 5.99. The molecule has 0 aromatic heterocycles. The van der Waals surface area contributed by atoms with Crippen molar-refractivity contribution in [2.24, 2.45) is 5.84 Å². The summed E-state index contributed by atoms with van der Waals surface area (Å²) in [5.41, 5.74) is 4.64. The van der Waals surface area contributed by atoms with Crippen molar-refractivity contribution in [2.75, 3.05) is 10.6 Å². The number of nitrogens with one attached hydrogen (secondary N) is 3. The monoisotopic (exact) mass is 544 g/mol. The van der Waals surface area contributed by atoms with E-state index in [0.29, 0.717) is 42.8 Å². The zero-order valence-electron chi connectivity index (χ0n) is 16.8. The molecule has 0 saturated carbocycles. The van der Waals surface area contributed by atoms with Gasteiger partial charge in [-0.3, -0.25) is 10.2 Å². The first-order valence-corrected chi connectivity index (χ1v) is 11.3. The SMILES string of the molecule is NNC(=O)Nc1ccc(Cl)cc1Cl.O=C1CC(c2ccc(Cl)cc2Cl)Nc2ccc(Cl)cc21. The van der Waals surface area contributed by atoms with Gasteiger partial charge in [-0.25, -0.2) is 10.6 Å². The van der Waals surface area contributed by atoms with E-state index in [0.717, 1.165) is 11.3 Å². The number of Topliss-reactive ketones (excluding diaryl/α,β-unsaturated/α-hetero) is 1. The van der Waals surface area contributed by atoms with Crippen molar-refractivity contribution in [3.63, 3.8) is 0 Å². The van der Waals surface area contributed by atoms with Gasteiger partial charge in [0.1, 0.15) is 0 Å². The molecule has 2 amide bonds. The Hall–Kier alpha value is -2.19. The molecule has 33 heavy (non-hydrogen) atoms. The minimum atomic E-state index is -0.538. The summed E-state index contributed by atoms with van der Waals surface area (Å²) in [5.74, 6) is 4.92. The summed E-state index contributed by atoms with van der Waals surface area (Å²) in [4.78, 5) is 23.0. The highest BCUT2D eigenvalue weighted by Crippen LogP contribution is 2.37. The van der Waals surface area contributed by atoms with Crippen molar-refractivity contribution >= 4 is 81.2 Å². The number of nitrogens with two attached hydrogens (primary N) is 1. The third-order valence-electron chi connectivity index (χ3n) is 4.65. The Balaban J connectivity index is 0.000000205. The highest BCUT2D eigenvalue weighted by atomic mass is 35.5. The van der Waals surface area contributed by atoms with Crippen LogP contribution in [0, 0.1) is 0 Å². The van der Waals surface area contributed by atoms with Crippen molar-refractivity contribution in [3.8, 4) is 0 Å². The predicted molar refractivity (Wildman–Crippen MR) is 136 cm³/mol. The molecule has 0 radical (unpaired) electrons. The summed E-state index contributed by atoms with van der Waals surface area (Å²) in [6.45, 7) is 0. The van der Waals surface area contributed by atoms with Crippen LogP contribution >= 0.6 is 58.0 Å². The van der Waals surface area contributed by atoms with Gasteiger partial charge in [0.05, 0.1) is 16.8 Å². The van der Waals surface area contributed by atoms with Gasteiger partial charge in [-0.2, -0.15) is 0 Å². The molecule has 1 heterocycles. The smallest absolute Gasteiger partial charge is 0.333 e. The van der Waals surface area contributed by atoms with Crippen molar-refractivity contribution in [1.29, 1.82) is 0 Å². The number of hydrogen-bond acceptors (Lipinski definition) is 4. The highest BCUT2D eigenvalue weighted by molar-refractivity contribution is 6.37. The third kappa shape index (κ3) is 6.67. The van der Waals surface area contributed by atoms with Crippen LogP contribution in [0.3, 0.4) is 0 Å². The fraction of sp³-hybridized carbons (Fsp3) is 0.0909. The van der Waals surface area contributed by atoms with Gasteiger partial charge in [-0.15, -0.1) is 0 Å². The number of hydrogen-bond donors (Lipinski definition) is 4. The first-order chi connectivity index (χ1) is 15.7. The number of halogens is 5. The number of carbonyl (C=O) groups excluding carboxylic acids is 2. The Morgan fingerprint density at radius 1 is 0.879 bits per heavy atom. The molecule has 0 aliphatic carbocycles. The molecule has 1 atom stereocenters. The molecule has 0 bridgehead atoms. The highest BCUT2D eigenvalue weighted by Gasteiger charge is 2.27. The van der Waals surface area contributed by atoms with E-state index < -0.39 is 6.03 Å². The van der Waals surface area contributed by atoms with Crippen LogP contribution in [0.15, 0.2) is 54.6 Å². The lowest BCUT2D eigenvalue weighted by Gasteiger charge is -2.27.